The lowest BCUT2D eigenvalue weighted by Crippen LogP contribution is -2.27. The standard InChI is InChI=1S/C5H8N2O/c1-7(2)5(3-6)4-8/h4-5H,1-2H3. The van der Waals surface area contributed by atoms with E-state index in [1.807, 2.05) is 6.07 Å². The fraction of sp³-hybridized carbons (Fsp3) is 0.600. The first-order chi connectivity index (χ1) is 3.72. The number of nitrogens with zero attached hydrogens (tertiary/aromatic N) is 2. The van der Waals surface area contributed by atoms with Crippen LogP contribution in [0.1, 0.15) is 0 Å². The molecule has 0 spiro atoms. The molecule has 0 aliphatic carbocycles. The maximum atomic E-state index is 9.91. The third kappa shape index (κ3) is 1.71. The van der Waals surface area contributed by atoms with Gasteiger partial charge in [0.15, 0.2) is 12.3 Å². The summed E-state index contributed by atoms with van der Waals surface area (Å²) in [6.07, 6.45) is 0.611. The lowest BCUT2D eigenvalue weighted by Gasteiger charge is -2.08. The van der Waals surface area contributed by atoms with Gasteiger partial charge in [0, 0.05) is 0 Å². The summed E-state index contributed by atoms with van der Waals surface area (Å²) in [4.78, 5) is 11.5. The van der Waals surface area contributed by atoms with Crippen LogP contribution in [0.2, 0.25) is 0 Å². The van der Waals surface area contributed by atoms with Gasteiger partial charge in [-0.3, -0.25) is 4.90 Å². The van der Waals surface area contributed by atoms with Crippen LogP contribution in [0.5, 0.6) is 0 Å². The highest BCUT2D eigenvalue weighted by molar-refractivity contribution is 5.61. The molecule has 0 saturated carbocycles. The van der Waals surface area contributed by atoms with Crippen LogP contribution in [0, 0.1) is 11.3 Å². The Bertz CT molecular complexity index is 114. The zero-order valence-electron chi connectivity index (χ0n) is 4.96. The van der Waals surface area contributed by atoms with Gasteiger partial charge in [0.2, 0.25) is 0 Å². The molecule has 0 fully saturated rings. The first-order valence-electron chi connectivity index (χ1n) is 2.23. The Balaban J connectivity index is 3.74. The van der Waals surface area contributed by atoms with E-state index in [9.17, 15) is 4.79 Å². The predicted molar refractivity (Wildman–Crippen MR) is 29.2 cm³/mol. The van der Waals surface area contributed by atoms with Crippen molar-refractivity contribution in [3.05, 3.63) is 0 Å². The van der Waals surface area contributed by atoms with Crippen molar-refractivity contribution in [3.8, 4) is 6.07 Å². The van der Waals surface area contributed by atoms with Crippen molar-refractivity contribution in [2.75, 3.05) is 14.1 Å². The number of hydrogen-bond donors (Lipinski definition) is 0. The molecule has 3 nitrogen and oxygen atoms in total. The van der Waals surface area contributed by atoms with Gasteiger partial charge in [-0.25, -0.2) is 0 Å². The molecular formula is C5H8N2O. The molecule has 1 atom stereocenters. The van der Waals surface area contributed by atoms with Crippen LogP contribution in [0.25, 0.3) is 0 Å². The van der Waals surface area contributed by atoms with Crippen molar-refractivity contribution >= 4 is 6.29 Å². The van der Waals surface area contributed by atoms with Crippen molar-refractivity contribution < 1.29 is 4.79 Å². The van der Waals surface area contributed by atoms with Crippen molar-refractivity contribution in [3.63, 3.8) is 0 Å². The smallest absolute Gasteiger partial charge is 0.153 e. The van der Waals surface area contributed by atoms with Gasteiger partial charge in [0.05, 0.1) is 6.07 Å². The molecule has 8 heavy (non-hydrogen) atoms. The van der Waals surface area contributed by atoms with E-state index < -0.39 is 6.04 Å². The van der Waals surface area contributed by atoms with E-state index in [1.165, 1.54) is 0 Å². The summed E-state index contributed by atoms with van der Waals surface area (Å²) in [5.74, 6) is 0. The fourth-order valence-corrected chi connectivity index (χ4v) is 0.268. The second-order valence-corrected chi connectivity index (χ2v) is 1.67. The molecule has 0 aliphatic heterocycles. The minimum absolute atomic E-state index is 0.588. The van der Waals surface area contributed by atoms with Crippen LogP contribution >= 0.6 is 0 Å². The molecule has 0 amide bonds. The van der Waals surface area contributed by atoms with E-state index in [4.69, 9.17) is 5.26 Å². The van der Waals surface area contributed by atoms with Crippen molar-refractivity contribution in [1.29, 1.82) is 5.26 Å². The topological polar surface area (TPSA) is 44.1 Å². The van der Waals surface area contributed by atoms with Gasteiger partial charge >= 0.3 is 0 Å². The van der Waals surface area contributed by atoms with Crippen LogP contribution < -0.4 is 0 Å². The molecule has 0 aromatic heterocycles. The number of rotatable bonds is 2. The van der Waals surface area contributed by atoms with Crippen LogP contribution in [-0.2, 0) is 4.79 Å². The quantitative estimate of drug-likeness (QED) is 0.458. The molecule has 1 unspecified atom stereocenters. The van der Waals surface area contributed by atoms with Gasteiger partial charge in [-0.1, -0.05) is 0 Å². The van der Waals surface area contributed by atoms with Gasteiger partial charge in [0.1, 0.15) is 0 Å². The number of aldehydes is 1. The molecular weight excluding hydrogens is 104 g/mol. The molecule has 44 valence electrons. The monoisotopic (exact) mass is 112 g/mol. The number of hydrogen-bond acceptors (Lipinski definition) is 3. The molecule has 0 aromatic carbocycles. The van der Waals surface area contributed by atoms with Crippen LogP contribution in [0.3, 0.4) is 0 Å². The Morgan fingerprint density at radius 2 is 2.25 bits per heavy atom. The average molecular weight is 112 g/mol. The lowest BCUT2D eigenvalue weighted by atomic mass is 10.3. The molecule has 0 bridgehead atoms. The molecule has 0 rings (SSSR count). The molecule has 0 radical (unpaired) electrons. The van der Waals surface area contributed by atoms with E-state index in [0.717, 1.165) is 0 Å². The zero-order valence-corrected chi connectivity index (χ0v) is 4.96. The number of carbonyl (C=O) groups excluding carboxylic acids is 1. The first-order valence-corrected chi connectivity index (χ1v) is 2.23. The first kappa shape index (κ1) is 7.12. The zero-order chi connectivity index (χ0) is 6.57. The van der Waals surface area contributed by atoms with Gasteiger partial charge in [-0.05, 0) is 14.1 Å². The third-order valence-electron chi connectivity index (χ3n) is 0.818. The summed E-state index contributed by atoms with van der Waals surface area (Å²) < 4.78 is 0. The number of carbonyl (C=O) groups is 1. The minimum atomic E-state index is -0.588. The van der Waals surface area contributed by atoms with Crippen molar-refractivity contribution in [2.24, 2.45) is 0 Å². The predicted octanol–water partition coefficient (Wildman–Crippen LogP) is -0.361. The summed E-state index contributed by atoms with van der Waals surface area (Å²) in [5.41, 5.74) is 0. The lowest BCUT2D eigenvalue weighted by molar-refractivity contribution is -0.110. The average Bonchev–Trinajstić information content (AvgIpc) is 1.69. The van der Waals surface area contributed by atoms with Crippen LogP contribution in [0.4, 0.5) is 0 Å². The third-order valence-corrected chi connectivity index (χ3v) is 0.818. The molecule has 0 saturated heterocycles. The fourth-order valence-electron chi connectivity index (χ4n) is 0.268. The van der Waals surface area contributed by atoms with Crippen LogP contribution in [0.15, 0.2) is 0 Å². The molecule has 0 aromatic rings. The Morgan fingerprint density at radius 3 is 2.25 bits per heavy atom. The summed E-state index contributed by atoms with van der Waals surface area (Å²) in [6, 6.07) is 1.22. The van der Waals surface area contributed by atoms with E-state index in [1.54, 1.807) is 19.0 Å². The Labute approximate surface area is 48.5 Å². The van der Waals surface area contributed by atoms with Gasteiger partial charge in [-0.2, -0.15) is 5.26 Å². The van der Waals surface area contributed by atoms with E-state index in [-0.39, 0.29) is 0 Å². The molecule has 0 N–H and O–H groups in total. The molecule has 0 aliphatic rings. The number of nitriles is 1. The van der Waals surface area contributed by atoms with Crippen LogP contribution in [-0.4, -0.2) is 31.3 Å². The maximum Gasteiger partial charge on any atom is 0.153 e. The highest BCUT2D eigenvalue weighted by Crippen LogP contribution is 1.82. The van der Waals surface area contributed by atoms with E-state index in [2.05, 4.69) is 0 Å². The second kappa shape index (κ2) is 3.16. The molecule has 3 heteroatoms. The Morgan fingerprint density at radius 1 is 1.75 bits per heavy atom. The SMILES string of the molecule is CN(C)C(C#N)C=O. The van der Waals surface area contributed by atoms with E-state index >= 15 is 0 Å². The summed E-state index contributed by atoms with van der Waals surface area (Å²) >= 11 is 0. The summed E-state index contributed by atoms with van der Waals surface area (Å²) in [6.45, 7) is 0. The van der Waals surface area contributed by atoms with E-state index in [0.29, 0.717) is 6.29 Å². The molecule has 0 heterocycles. The second-order valence-electron chi connectivity index (χ2n) is 1.67. The Kier molecular flexibility index (Phi) is 2.82. The van der Waals surface area contributed by atoms with Gasteiger partial charge in [0.25, 0.3) is 0 Å². The largest absolute Gasteiger partial charge is 0.300 e. The Hall–Kier alpha value is -0.880. The minimum Gasteiger partial charge on any atom is -0.300 e. The van der Waals surface area contributed by atoms with Crippen molar-refractivity contribution in [1.82, 2.24) is 4.90 Å². The highest BCUT2D eigenvalue weighted by Gasteiger charge is 2.04. The van der Waals surface area contributed by atoms with Gasteiger partial charge in [-0.15, -0.1) is 0 Å². The summed E-state index contributed by atoms with van der Waals surface area (Å²) in [5, 5.41) is 8.17. The van der Waals surface area contributed by atoms with Gasteiger partial charge < -0.3 is 4.79 Å². The highest BCUT2D eigenvalue weighted by atomic mass is 16.1. The number of likely N-dealkylation sites (N-methyl/N-ethyl adjacent to an activating group) is 1. The maximum absolute atomic E-state index is 9.91. The normalized spacial score (nSPS) is 12.8. The van der Waals surface area contributed by atoms with Crippen molar-refractivity contribution in [2.45, 2.75) is 6.04 Å². The summed E-state index contributed by atoms with van der Waals surface area (Å²) in [7, 11) is 3.37.